The monoisotopic (exact) mass is 235 g/mol. The summed E-state index contributed by atoms with van der Waals surface area (Å²) in [5.41, 5.74) is 0. The van der Waals surface area contributed by atoms with E-state index in [4.69, 9.17) is 9.47 Å². The Hall–Kier alpha value is -2.10. The molecule has 2 rings (SSSR count). The Bertz CT molecular complexity index is 527. The summed E-state index contributed by atoms with van der Waals surface area (Å²) < 4.78 is 36.4. The molecule has 0 aliphatic carbocycles. The number of halogens is 2. The lowest BCUT2D eigenvalue weighted by atomic mass is 10.3. The SMILES string of the molecule is COc1[c]ccc(Oc2cccc(F)c2F)c1. The van der Waals surface area contributed by atoms with Crippen LogP contribution in [0.2, 0.25) is 0 Å². The molecule has 0 aliphatic rings. The summed E-state index contributed by atoms with van der Waals surface area (Å²) >= 11 is 0. The lowest BCUT2D eigenvalue weighted by Gasteiger charge is -2.07. The standard InChI is InChI=1S/C13H9F2O2/c1-16-9-4-2-5-10(8-9)17-12-7-3-6-11(14)13(12)15/h2-3,5-8H,1H3. The Morgan fingerprint density at radius 2 is 2.00 bits per heavy atom. The van der Waals surface area contributed by atoms with E-state index in [1.165, 1.54) is 25.3 Å². The molecule has 0 aromatic heterocycles. The van der Waals surface area contributed by atoms with Crippen LogP contribution in [0.3, 0.4) is 0 Å². The molecule has 0 heterocycles. The molecule has 1 radical (unpaired) electrons. The van der Waals surface area contributed by atoms with Crippen molar-refractivity contribution < 1.29 is 18.3 Å². The van der Waals surface area contributed by atoms with Crippen LogP contribution in [0.1, 0.15) is 0 Å². The molecule has 0 spiro atoms. The van der Waals surface area contributed by atoms with Crippen molar-refractivity contribution in [2.45, 2.75) is 0 Å². The fourth-order valence-electron chi connectivity index (χ4n) is 1.30. The highest BCUT2D eigenvalue weighted by molar-refractivity contribution is 5.36. The highest BCUT2D eigenvalue weighted by Gasteiger charge is 2.09. The molecule has 2 nitrogen and oxygen atoms in total. The van der Waals surface area contributed by atoms with Crippen LogP contribution in [-0.4, -0.2) is 7.11 Å². The third-order valence-electron chi connectivity index (χ3n) is 2.11. The second-order valence-electron chi connectivity index (χ2n) is 3.25. The molecule has 2 aromatic carbocycles. The van der Waals surface area contributed by atoms with E-state index in [1.807, 2.05) is 0 Å². The average molecular weight is 235 g/mol. The van der Waals surface area contributed by atoms with Crippen molar-refractivity contribution in [3.8, 4) is 17.2 Å². The van der Waals surface area contributed by atoms with Crippen LogP contribution in [0.15, 0.2) is 36.4 Å². The number of ether oxygens (including phenoxy) is 2. The van der Waals surface area contributed by atoms with Gasteiger partial charge in [-0.05, 0) is 24.3 Å². The van der Waals surface area contributed by atoms with Gasteiger partial charge in [-0.25, -0.2) is 4.39 Å². The fraction of sp³-hybridized carbons (Fsp3) is 0.0769. The molecule has 17 heavy (non-hydrogen) atoms. The molecular weight excluding hydrogens is 226 g/mol. The first-order chi connectivity index (χ1) is 8.20. The smallest absolute Gasteiger partial charge is 0.201 e. The van der Waals surface area contributed by atoms with Gasteiger partial charge in [0.25, 0.3) is 0 Å². The highest BCUT2D eigenvalue weighted by atomic mass is 19.2. The van der Waals surface area contributed by atoms with E-state index >= 15 is 0 Å². The second kappa shape index (κ2) is 4.82. The van der Waals surface area contributed by atoms with Crippen LogP contribution >= 0.6 is 0 Å². The number of rotatable bonds is 3. The van der Waals surface area contributed by atoms with Gasteiger partial charge in [-0.1, -0.05) is 6.07 Å². The number of benzene rings is 2. The number of hydrogen-bond donors (Lipinski definition) is 0. The first-order valence-corrected chi connectivity index (χ1v) is 4.88. The summed E-state index contributed by atoms with van der Waals surface area (Å²) in [6.07, 6.45) is 0. The van der Waals surface area contributed by atoms with Gasteiger partial charge >= 0.3 is 0 Å². The summed E-state index contributed by atoms with van der Waals surface area (Å²) in [6, 6.07) is 11.2. The lowest BCUT2D eigenvalue weighted by molar-refractivity contribution is 0.398. The Labute approximate surface area is 97.4 Å². The Balaban J connectivity index is 2.28. The van der Waals surface area contributed by atoms with E-state index in [0.717, 1.165) is 6.07 Å². The minimum atomic E-state index is -1.01. The zero-order valence-electron chi connectivity index (χ0n) is 9.04. The topological polar surface area (TPSA) is 18.5 Å². The van der Waals surface area contributed by atoms with E-state index in [9.17, 15) is 8.78 Å². The molecule has 0 atom stereocenters. The van der Waals surface area contributed by atoms with E-state index < -0.39 is 11.6 Å². The predicted molar refractivity (Wildman–Crippen MR) is 58.3 cm³/mol. The van der Waals surface area contributed by atoms with Crippen LogP contribution in [0.5, 0.6) is 17.2 Å². The lowest BCUT2D eigenvalue weighted by Crippen LogP contribution is -1.92. The third kappa shape index (κ3) is 2.53. The first-order valence-electron chi connectivity index (χ1n) is 4.88. The molecule has 0 fully saturated rings. The second-order valence-corrected chi connectivity index (χ2v) is 3.25. The van der Waals surface area contributed by atoms with Gasteiger partial charge in [0.05, 0.1) is 7.11 Å². The maximum atomic E-state index is 13.3. The van der Waals surface area contributed by atoms with Crippen LogP contribution in [0.25, 0.3) is 0 Å². The maximum Gasteiger partial charge on any atom is 0.201 e. The molecule has 0 bridgehead atoms. The van der Waals surface area contributed by atoms with Gasteiger partial charge in [-0.3, -0.25) is 0 Å². The van der Waals surface area contributed by atoms with Gasteiger partial charge < -0.3 is 9.47 Å². The molecule has 0 unspecified atom stereocenters. The zero-order valence-corrected chi connectivity index (χ0v) is 9.04. The van der Waals surface area contributed by atoms with Gasteiger partial charge in [-0.15, -0.1) is 0 Å². The van der Waals surface area contributed by atoms with Crippen LogP contribution in [-0.2, 0) is 0 Å². The summed E-state index contributed by atoms with van der Waals surface area (Å²) in [7, 11) is 1.48. The van der Waals surface area contributed by atoms with E-state index in [1.54, 1.807) is 12.1 Å². The van der Waals surface area contributed by atoms with E-state index in [-0.39, 0.29) is 5.75 Å². The normalized spacial score (nSPS) is 10.1. The van der Waals surface area contributed by atoms with E-state index in [2.05, 4.69) is 6.07 Å². The van der Waals surface area contributed by atoms with Gasteiger partial charge in [-0.2, -0.15) is 4.39 Å². The molecule has 0 aliphatic heterocycles. The predicted octanol–water partition coefficient (Wildman–Crippen LogP) is 3.57. The molecular formula is C13H9F2O2. The van der Waals surface area contributed by atoms with Gasteiger partial charge in [0.1, 0.15) is 11.5 Å². The van der Waals surface area contributed by atoms with Crippen LogP contribution in [0, 0.1) is 17.7 Å². The first kappa shape index (κ1) is 11.4. The van der Waals surface area contributed by atoms with Crippen molar-refractivity contribution >= 4 is 0 Å². The zero-order chi connectivity index (χ0) is 12.3. The summed E-state index contributed by atoms with van der Waals surface area (Å²) in [6.45, 7) is 0. The van der Waals surface area contributed by atoms with Gasteiger partial charge in [0.15, 0.2) is 11.6 Å². The molecule has 0 saturated carbocycles. The van der Waals surface area contributed by atoms with Gasteiger partial charge in [0.2, 0.25) is 5.82 Å². The molecule has 4 heteroatoms. The quantitative estimate of drug-likeness (QED) is 0.809. The fourth-order valence-corrected chi connectivity index (χ4v) is 1.30. The van der Waals surface area contributed by atoms with Crippen molar-refractivity contribution in [2.24, 2.45) is 0 Å². The van der Waals surface area contributed by atoms with Crippen molar-refractivity contribution in [3.63, 3.8) is 0 Å². The minimum absolute atomic E-state index is 0.168. The Kier molecular flexibility index (Phi) is 3.23. The summed E-state index contributed by atoms with van der Waals surface area (Å²) in [4.78, 5) is 0. The molecule has 0 amide bonds. The number of hydrogen-bond acceptors (Lipinski definition) is 2. The number of methoxy groups -OCH3 is 1. The average Bonchev–Trinajstić information content (AvgIpc) is 2.35. The largest absolute Gasteiger partial charge is 0.496 e. The highest BCUT2D eigenvalue weighted by Crippen LogP contribution is 2.27. The van der Waals surface area contributed by atoms with Crippen molar-refractivity contribution in [3.05, 3.63) is 54.1 Å². The third-order valence-corrected chi connectivity index (χ3v) is 2.11. The summed E-state index contributed by atoms with van der Waals surface area (Å²) in [5, 5.41) is 0. The molecule has 2 aromatic rings. The van der Waals surface area contributed by atoms with Crippen molar-refractivity contribution in [1.82, 2.24) is 0 Å². The molecule has 0 N–H and O–H groups in total. The van der Waals surface area contributed by atoms with Crippen LogP contribution in [0.4, 0.5) is 8.78 Å². The summed E-state index contributed by atoms with van der Waals surface area (Å²) in [5.74, 6) is -1.32. The molecule has 87 valence electrons. The van der Waals surface area contributed by atoms with Crippen LogP contribution < -0.4 is 9.47 Å². The minimum Gasteiger partial charge on any atom is -0.496 e. The molecule has 0 saturated heterocycles. The van der Waals surface area contributed by atoms with Gasteiger partial charge in [0, 0.05) is 12.1 Å². The Morgan fingerprint density at radius 1 is 1.18 bits per heavy atom. The maximum absolute atomic E-state index is 13.3. The Morgan fingerprint density at radius 3 is 2.76 bits per heavy atom. The van der Waals surface area contributed by atoms with Crippen molar-refractivity contribution in [1.29, 1.82) is 0 Å². The van der Waals surface area contributed by atoms with Crippen molar-refractivity contribution in [2.75, 3.05) is 7.11 Å². The van der Waals surface area contributed by atoms with E-state index in [0.29, 0.717) is 11.5 Å².